The monoisotopic (exact) mass is 341 g/mol. The van der Waals surface area contributed by atoms with E-state index >= 15 is 0 Å². The van der Waals surface area contributed by atoms with E-state index in [1.165, 1.54) is 11.0 Å². The van der Waals surface area contributed by atoms with Gasteiger partial charge >= 0.3 is 18.0 Å². The van der Waals surface area contributed by atoms with Crippen LogP contribution >= 0.6 is 0 Å². The third-order valence-corrected chi connectivity index (χ3v) is 2.86. The maximum Gasteiger partial charge on any atom is 0.411 e. The average molecular weight is 341 g/mol. The van der Waals surface area contributed by atoms with Gasteiger partial charge in [-0.1, -0.05) is 0 Å². The molecule has 7 nitrogen and oxygen atoms in total. The smallest absolute Gasteiger partial charge is 0.411 e. The number of rotatable bonds is 3. The molecule has 1 unspecified atom stereocenters. The van der Waals surface area contributed by atoms with E-state index in [1.54, 1.807) is 48.5 Å². The van der Waals surface area contributed by atoms with Crippen molar-refractivity contribution in [3.05, 3.63) is 11.6 Å². The lowest BCUT2D eigenvalue weighted by Crippen LogP contribution is -2.59. The number of esters is 2. The zero-order chi connectivity index (χ0) is 18.7. The Bertz CT molecular complexity index is 538. The van der Waals surface area contributed by atoms with Crippen LogP contribution in [0.5, 0.6) is 0 Å². The molecule has 1 rings (SSSR count). The van der Waals surface area contributed by atoms with Crippen molar-refractivity contribution in [2.75, 3.05) is 13.2 Å². The third-order valence-electron chi connectivity index (χ3n) is 2.86. The Hall–Kier alpha value is -2.05. The second kappa shape index (κ2) is 7.23. The number of amides is 1. The van der Waals surface area contributed by atoms with Crippen molar-refractivity contribution in [3.63, 3.8) is 0 Å². The van der Waals surface area contributed by atoms with Gasteiger partial charge in [-0.25, -0.2) is 14.4 Å². The van der Waals surface area contributed by atoms with E-state index in [2.05, 4.69) is 0 Å². The molecule has 1 aliphatic rings. The molecule has 1 heterocycles. The fraction of sp³-hybridized carbons (Fsp3) is 0.706. The van der Waals surface area contributed by atoms with Gasteiger partial charge in [-0.15, -0.1) is 0 Å². The van der Waals surface area contributed by atoms with Gasteiger partial charge in [0.15, 0.2) is 6.04 Å². The first kappa shape index (κ1) is 20.0. The molecule has 0 spiro atoms. The number of hydrogen-bond donors (Lipinski definition) is 0. The molecule has 24 heavy (non-hydrogen) atoms. The molecule has 1 amide bonds. The zero-order valence-corrected chi connectivity index (χ0v) is 15.5. The molecule has 1 fully saturated rings. The van der Waals surface area contributed by atoms with Gasteiger partial charge in [0.25, 0.3) is 0 Å². The SMILES string of the molecule is CCOC(=O)/C=C1\CN(C(=O)OC(C)(C)C)C1C(=O)OC(C)(C)C. The molecule has 0 N–H and O–H groups in total. The van der Waals surface area contributed by atoms with E-state index in [-0.39, 0.29) is 13.2 Å². The lowest BCUT2D eigenvalue weighted by Gasteiger charge is -2.42. The van der Waals surface area contributed by atoms with Crippen LogP contribution in [0.4, 0.5) is 4.79 Å². The van der Waals surface area contributed by atoms with Crippen molar-refractivity contribution in [2.45, 2.75) is 65.7 Å². The highest BCUT2D eigenvalue weighted by molar-refractivity contribution is 5.92. The molecule has 0 aromatic rings. The van der Waals surface area contributed by atoms with Crippen LogP contribution in [0.1, 0.15) is 48.5 Å². The summed E-state index contributed by atoms with van der Waals surface area (Å²) in [6.07, 6.45) is 0.609. The number of nitrogens with zero attached hydrogens (tertiary/aromatic N) is 1. The first-order valence-corrected chi connectivity index (χ1v) is 7.94. The molecule has 7 heteroatoms. The third kappa shape index (κ3) is 5.86. The lowest BCUT2D eigenvalue weighted by atomic mass is 9.95. The van der Waals surface area contributed by atoms with Gasteiger partial charge in [-0.2, -0.15) is 0 Å². The molecule has 0 bridgehead atoms. The largest absolute Gasteiger partial charge is 0.463 e. The van der Waals surface area contributed by atoms with Gasteiger partial charge < -0.3 is 14.2 Å². The summed E-state index contributed by atoms with van der Waals surface area (Å²) >= 11 is 0. The number of carbonyl (C=O) groups is 3. The number of ether oxygens (including phenoxy) is 3. The van der Waals surface area contributed by atoms with Gasteiger partial charge in [0.1, 0.15) is 11.2 Å². The Morgan fingerprint density at radius 1 is 1.08 bits per heavy atom. The van der Waals surface area contributed by atoms with Crippen molar-refractivity contribution < 1.29 is 28.6 Å². The maximum absolute atomic E-state index is 12.4. The van der Waals surface area contributed by atoms with E-state index in [0.717, 1.165) is 0 Å². The van der Waals surface area contributed by atoms with E-state index in [9.17, 15) is 14.4 Å². The molecular formula is C17H27NO6. The second-order valence-electron chi connectivity index (χ2n) is 7.52. The summed E-state index contributed by atoms with van der Waals surface area (Å²) in [6.45, 7) is 12.5. The molecule has 0 aromatic heterocycles. The molecule has 1 saturated heterocycles. The van der Waals surface area contributed by atoms with Crippen LogP contribution in [-0.2, 0) is 23.8 Å². The molecule has 136 valence electrons. The summed E-state index contributed by atoms with van der Waals surface area (Å²) < 4.78 is 15.5. The van der Waals surface area contributed by atoms with Crippen LogP contribution in [0.3, 0.4) is 0 Å². The highest BCUT2D eigenvalue weighted by atomic mass is 16.6. The van der Waals surface area contributed by atoms with Gasteiger partial charge in [-0.3, -0.25) is 4.90 Å². The van der Waals surface area contributed by atoms with E-state index in [4.69, 9.17) is 14.2 Å². The van der Waals surface area contributed by atoms with Crippen LogP contribution in [0, 0.1) is 0 Å². The lowest BCUT2D eigenvalue weighted by molar-refractivity contribution is -0.162. The Morgan fingerprint density at radius 3 is 2.08 bits per heavy atom. The topological polar surface area (TPSA) is 82.1 Å². The van der Waals surface area contributed by atoms with Crippen molar-refractivity contribution in [1.82, 2.24) is 4.90 Å². The number of carbonyl (C=O) groups excluding carboxylic acids is 3. The predicted octanol–water partition coefficient (Wildman–Crippen LogP) is 2.44. The summed E-state index contributed by atoms with van der Waals surface area (Å²) in [4.78, 5) is 37.5. The van der Waals surface area contributed by atoms with Crippen LogP contribution in [-0.4, -0.2) is 53.3 Å². The Morgan fingerprint density at radius 2 is 1.62 bits per heavy atom. The predicted molar refractivity (Wildman–Crippen MR) is 87.3 cm³/mol. The summed E-state index contributed by atoms with van der Waals surface area (Å²) in [5.74, 6) is -1.15. The van der Waals surface area contributed by atoms with Gasteiger partial charge in [0, 0.05) is 12.6 Å². The summed E-state index contributed by atoms with van der Waals surface area (Å²) in [6, 6.07) is -0.969. The van der Waals surface area contributed by atoms with E-state index in [1.807, 2.05) is 0 Å². The molecule has 0 aliphatic carbocycles. The fourth-order valence-corrected chi connectivity index (χ4v) is 2.05. The zero-order valence-electron chi connectivity index (χ0n) is 15.5. The first-order valence-electron chi connectivity index (χ1n) is 7.94. The summed E-state index contributed by atoms with van der Waals surface area (Å²) in [5.41, 5.74) is -0.925. The number of likely N-dealkylation sites (tertiary alicyclic amines) is 1. The Balaban J connectivity index is 2.96. The molecule has 1 aliphatic heterocycles. The molecular weight excluding hydrogens is 314 g/mol. The molecule has 0 aromatic carbocycles. The molecule has 1 atom stereocenters. The minimum absolute atomic E-state index is 0.123. The van der Waals surface area contributed by atoms with Gasteiger partial charge in [-0.05, 0) is 54.0 Å². The van der Waals surface area contributed by atoms with E-state index in [0.29, 0.717) is 5.57 Å². The van der Waals surface area contributed by atoms with Crippen molar-refractivity contribution in [1.29, 1.82) is 0 Å². The van der Waals surface area contributed by atoms with Crippen LogP contribution in [0.2, 0.25) is 0 Å². The van der Waals surface area contributed by atoms with Crippen molar-refractivity contribution in [2.24, 2.45) is 0 Å². The van der Waals surface area contributed by atoms with Crippen LogP contribution in [0.25, 0.3) is 0 Å². The second-order valence-corrected chi connectivity index (χ2v) is 7.52. The standard InChI is InChI=1S/C17H27NO6/c1-8-22-12(19)9-11-10-18(15(21)24-17(5,6)7)13(11)14(20)23-16(2,3)4/h9,13H,8,10H2,1-7H3/b11-9+. The van der Waals surface area contributed by atoms with Gasteiger partial charge in [0.05, 0.1) is 6.61 Å². The highest BCUT2D eigenvalue weighted by Crippen LogP contribution is 2.29. The highest BCUT2D eigenvalue weighted by Gasteiger charge is 2.46. The molecule has 0 radical (unpaired) electrons. The van der Waals surface area contributed by atoms with Crippen LogP contribution < -0.4 is 0 Å². The maximum atomic E-state index is 12.4. The van der Waals surface area contributed by atoms with Crippen LogP contribution in [0.15, 0.2) is 11.6 Å². The fourth-order valence-electron chi connectivity index (χ4n) is 2.05. The van der Waals surface area contributed by atoms with Crippen molar-refractivity contribution in [3.8, 4) is 0 Å². The number of hydrogen-bond acceptors (Lipinski definition) is 6. The Labute approximate surface area is 142 Å². The minimum atomic E-state index is -0.969. The van der Waals surface area contributed by atoms with Gasteiger partial charge in [0.2, 0.25) is 0 Å². The van der Waals surface area contributed by atoms with E-state index < -0.39 is 35.3 Å². The molecule has 0 saturated carbocycles. The normalized spacial score (nSPS) is 19.5. The first-order chi connectivity index (χ1) is 10.8. The quantitative estimate of drug-likeness (QED) is 0.445. The van der Waals surface area contributed by atoms with Crippen molar-refractivity contribution >= 4 is 18.0 Å². The Kier molecular flexibility index (Phi) is 6.03. The minimum Gasteiger partial charge on any atom is -0.463 e. The average Bonchev–Trinajstić information content (AvgIpc) is 2.29. The summed E-state index contributed by atoms with van der Waals surface area (Å²) in [7, 11) is 0. The summed E-state index contributed by atoms with van der Waals surface area (Å²) in [5, 5.41) is 0.